The summed E-state index contributed by atoms with van der Waals surface area (Å²) in [5.74, 6) is -1.38. The average Bonchev–Trinajstić information content (AvgIpc) is 3.22. The van der Waals surface area contributed by atoms with Crippen molar-refractivity contribution in [3.8, 4) is 22.1 Å². The van der Waals surface area contributed by atoms with Gasteiger partial charge in [0.05, 0.1) is 26.7 Å². The zero-order valence-electron chi connectivity index (χ0n) is 16.2. The van der Waals surface area contributed by atoms with Gasteiger partial charge < -0.3 is 19.9 Å². The van der Waals surface area contributed by atoms with Crippen molar-refractivity contribution in [2.75, 3.05) is 14.2 Å². The van der Waals surface area contributed by atoms with E-state index in [4.69, 9.17) is 9.47 Å². The minimum absolute atomic E-state index is 0.0653. The molecule has 2 aromatic carbocycles. The second-order valence-electron chi connectivity index (χ2n) is 6.22. The Kier molecular flexibility index (Phi) is 6.63. The highest BCUT2D eigenvalue weighted by molar-refractivity contribution is 7.13. The molecular formula is C21H19FN2O5S. The number of halogens is 1. The molecule has 3 rings (SSSR count). The maximum absolute atomic E-state index is 14.0. The SMILES string of the molecule is COc1cccc(C(CC(=O)O)NC(=O)c2csc(-c3ccccc3F)n2)c1OC. The normalized spacial score (nSPS) is 11.6. The molecule has 1 heterocycles. The topological polar surface area (TPSA) is 97.8 Å². The third-order valence-corrected chi connectivity index (χ3v) is 5.21. The molecule has 0 aliphatic rings. The number of carboxylic acid groups (broad SMARTS) is 1. The number of aromatic nitrogens is 1. The highest BCUT2D eigenvalue weighted by Crippen LogP contribution is 2.36. The molecule has 1 unspecified atom stereocenters. The number of benzene rings is 2. The summed E-state index contributed by atoms with van der Waals surface area (Å²) >= 11 is 1.12. The summed E-state index contributed by atoms with van der Waals surface area (Å²) in [4.78, 5) is 28.4. The van der Waals surface area contributed by atoms with Crippen molar-refractivity contribution in [1.29, 1.82) is 0 Å². The van der Waals surface area contributed by atoms with Crippen LogP contribution in [0.5, 0.6) is 11.5 Å². The Morgan fingerprint density at radius 1 is 1.17 bits per heavy atom. The van der Waals surface area contributed by atoms with Crippen molar-refractivity contribution < 1.29 is 28.6 Å². The molecule has 1 atom stereocenters. The van der Waals surface area contributed by atoms with Gasteiger partial charge >= 0.3 is 5.97 Å². The minimum atomic E-state index is -1.10. The number of nitrogens with zero attached hydrogens (tertiary/aromatic N) is 1. The number of nitrogens with one attached hydrogen (secondary N) is 1. The lowest BCUT2D eigenvalue weighted by Crippen LogP contribution is -2.30. The number of thiazole rings is 1. The Morgan fingerprint density at radius 2 is 1.93 bits per heavy atom. The number of methoxy groups -OCH3 is 2. The zero-order valence-corrected chi connectivity index (χ0v) is 17.0. The van der Waals surface area contributed by atoms with Gasteiger partial charge in [-0.2, -0.15) is 0 Å². The average molecular weight is 430 g/mol. The van der Waals surface area contributed by atoms with E-state index in [0.717, 1.165) is 11.3 Å². The van der Waals surface area contributed by atoms with Crippen molar-refractivity contribution in [3.05, 3.63) is 64.9 Å². The number of amides is 1. The van der Waals surface area contributed by atoms with E-state index < -0.39 is 23.7 Å². The summed E-state index contributed by atoms with van der Waals surface area (Å²) < 4.78 is 24.6. The van der Waals surface area contributed by atoms with Crippen LogP contribution < -0.4 is 14.8 Å². The molecule has 156 valence electrons. The van der Waals surface area contributed by atoms with Gasteiger partial charge in [-0.15, -0.1) is 11.3 Å². The second kappa shape index (κ2) is 9.36. The number of carbonyl (C=O) groups excluding carboxylic acids is 1. The summed E-state index contributed by atoms with van der Waals surface area (Å²) in [6, 6.07) is 10.2. The maximum Gasteiger partial charge on any atom is 0.305 e. The van der Waals surface area contributed by atoms with Gasteiger partial charge in [-0.1, -0.05) is 24.3 Å². The largest absolute Gasteiger partial charge is 0.493 e. The van der Waals surface area contributed by atoms with Crippen LogP contribution in [-0.2, 0) is 4.79 Å². The molecule has 30 heavy (non-hydrogen) atoms. The highest BCUT2D eigenvalue weighted by atomic mass is 32.1. The van der Waals surface area contributed by atoms with Crippen LogP contribution in [0.2, 0.25) is 0 Å². The van der Waals surface area contributed by atoms with E-state index in [0.29, 0.717) is 22.1 Å². The van der Waals surface area contributed by atoms with Crippen LogP contribution in [0.3, 0.4) is 0 Å². The molecule has 0 spiro atoms. The van der Waals surface area contributed by atoms with Gasteiger partial charge in [0.1, 0.15) is 16.5 Å². The molecule has 3 aromatic rings. The van der Waals surface area contributed by atoms with E-state index in [2.05, 4.69) is 10.3 Å². The van der Waals surface area contributed by atoms with Crippen molar-refractivity contribution in [2.45, 2.75) is 12.5 Å². The van der Waals surface area contributed by atoms with E-state index in [1.165, 1.54) is 25.7 Å². The Labute approximate surface area is 176 Å². The Hall–Kier alpha value is -3.46. The fourth-order valence-corrected chi connectivity index (χ4v) is 3.79. The van der Waals surface area contributed by atoms with Gasteiger partial charge in [-0.25, -0.2) is 9.37 Å². The number of ether oxygens (including phenoxy) is 2. The van der Waals surface area contributed by atoms with E-state index in [-0.39, 0.29) is 17.7 Å². The number of hydrogen-bond acceptors (Lipinski definition) is 6. The zero-order chi connectivity index (χ0) is 21.7. The van der Waals surface area contributed by atoms with Crippen molar-refractivity contribution in [3.63, 3.8) is 0 Å². The molecule has 7 nitrogen and oxygen atoms in total. The molecule has 1 amide bonds. The summed E-state index contributed by atoms with van der Waals surface area (Å²) in [5.41, 5.74) is 0.811. The highest BCUT2D eigenvalue weighted by Gasteiger charge is 2.25. The van der Waals surface area contributed by atoms with Gasteiger partial charge in [0, 0.05) is 16.5 Å². The van der Waals surface area contributed by atoms with E-state index >= 15 is 0 Å². The molecule has 0 bridgehead atoms. The smallest absolute Gasteiger partial charge is 0.305 e. The van der Waals surface area contributed by atoms with Gasteiger partial charge in [-0.3, -0.25) is 9.59 Å². The first-order valence-corrected chi connectivity index (χ1v) is 9.76. The van der Waals surface area contributed by atoms with Gasteiger partial charge in [0.15, 0.2) is 11.5 Å². The molecule has 1 aromatic heterocycles. The lowest BCUT2D eigenvalue weighted by atomic mass is 10.0. The standard InChI is InChI=1S/C21H19FN2O5S/c1-28-17-9-5-7-13(19(17)29-2)15(10-18(25)26)23-20(27)16-11-30-21(24-16)12-6-3-4-8-14(12)22/h3-9,11,15H,10H2,1-2H3,(H,23,27)(H,25,26). The van der Waals surface area contributed by atoms with Crippen molar-refractivity contribution in [1.82, 2.24) is 10.3 Å². The Balaban J connectivity index is 1.89. The van der Waals surface area contributed by atoms with Gasteiger partial charge in [0.2, 0.25) is 0 Å². The fraction of sp³-hybridized carbons (Fsp3) is 0.190. The van der Waals surface area contributed by atoms with Crippen LogP contribution in [-0.4, -0.2) is 36.2 Å². The van der Waals surface area contributed by atoms with Gasteiger partial charge in [-0.05, 0) is 18.2 Å². The first-order chi connectivity index (χ1) is 14.4. The van der Waals surface area contributed by atoms with Crippen LogP contribution in [0.4, 0.5) is 4.39 Å². The van der Waals surface area contributed by atoms with Crippen LogP contribution in [0.15, 0.2) is 47.8 Å². The number of para-hydroxylation sites is 1. The number of aliphatic carboxylic acids is 1. The van der Waals surface area contributed by atoms with E-state index in [1.807, 2.05) is 0 Å². The first-order valence-electron chi connectivity index (χ1n) is 8.88. The van der Waals surface area contributed by atoms with Crippen molar-refractivity contribution >= 4 is 23.2 Å². The van der Waals surface area contributed by atoms with Gasteiger partial charge in [0.25, 0.3) is 5.91 Å². The van der Waals surface area contributed by atoms with Crippen LogP contribution in [0.25, 0.3) is 10.6 Å². The number of rotatable bonds is 8. The Bertz CT molecular complexity index is 1070. The second-order valence-corrected chi connectivity index (χ2v) is 7.08. The summed E-state index contributed by atoms with van der Waals surface area (Å²) in [7, 11) is 2.90. The van der Waals surface area contributed by atoms with Crippen LogP contribution in [0.1, 0.15) is 28.5 Å². The molecular weight excluding hydrogens is 411 g/mol. The molecule has 0 saturated heterocycles. The van der Waals surface area contributed by atoms with Crippen molar-refractivity contribution in [2.24, 2.45) is 0 Å². The van der Waals surface area contributed by atoms with Crippen LogP contribution in [0, 0.1) is 5.82 Å². The molecule has 0 radical (unpaired) electrons. The van der Waals surface area contributed by atoms with E-state index in [1.54, 1.807) is 36.4 Å². The molecule has 0 aliphatic carbocycles. The molecule has 9 heteroatoms. The third-order valence-electron chi connectivity index (χ3n) is 4.33. The summed E-state index contributed by atoms with van der Waals surface area (Å²) in [6.07, 6.45) is -0.375. The number of carboxylic acids is 1. The minimum Gasteiger partial charge on any atom is -0.493 e. The first kappa shape index (κ1) is 21.3. The van der Waals surface area contributed by atoms with Crippen LogP contribution >= 0.6 is 11.3 Å². The lowest BCUT2D eigenvalue weighted by Gasteiger charge is -2.21. The molecule has 0 saturated carbocycles. The number of hydrogen-bond donors (Lipinski definition) is 2. The fourth-order valence-electron chi connectivity index (χ4n) is 2.97. The predicted molar refractivity (Wildman–Crippen MR) is 110 cm³/mol. The summed E-state index contributed by atoms with van der Waals surface area (Å²) in [6.45, 7) is 0. The summed E-state index contributed by atoms with van der Waals surface area (Å²) in [5, 5.41) is 13.9. The lowest BCUT2D eigenvalue weighted by molar-refractivity contribution is -0.137. The Morgan fingerprint density at radius 3 is 2.60 bits per heavy atom. The number of carbonyl (C=O) groups is 2. The third kappa shape index (κ3) is 4.57. The maximum atomic E-state index is 14.0. The molecule has 0 aliphatic heterocycles. The molecule has 2 N–H and O–H groups in total. The van der Waals surface area contributed by atoms with E-state index in [9.17, 15) is 19.1 Å². The predicted octanol–water partition coefficient (Wildman–Crippen LogP) is 3.91. The quantitative estimate of drug-likeness (QED) is 0.562. The monoisotopic (exact) mass is 430 g/mol. The molecule has 0 fully saturated rings.